The molecular formula is C20H21N3O2. The minimum atomic E-state index is -0.473. The van der Waals surface area contributed by atoms with E-state index in [9.17, 15) is 9.59 Å². The molecule has 2 aromatic rings. The van der Waals surface area contributed by atoms with E-state index < -0.39 is 5.91 Å². The lowest BCUT2D eigenvalue weighted by Gasteiger charge is -2.16. The zero-order valence-electron chi connectivity index (χ0n) is 13.9. The van der Waals surface area contributed by atoms with Crippen LogP contribution in [0.25, 0.3) is 0 Å². The molecule has 1 aliphatic rings. The number of aldehydes is 1. The van der Waals surface area contributed by atoms with E-state index in [0.717, 1.165) is 30.4 Å². The summed E-state index contributed by atoms with van der Waals surface area (Å²) in [6, 6.07) is 12.9. The number of amides is 1. The van der Waals surface area contributed by atoms with E-state index in [1.807, 2.05) is 18.2 Å². The second-order valence-corrected chi connectivity index (χ2v) is 6.26. The van der Waals surface area contributed by atoms with Crippen LogP contribution >= 0.6 is 0 Å². The largest absolute Gasteiger partial charge is 0.381 e. The van der Waals surface area contributed by atoms with E-state index >= 15 is 0 Å². The van der Waals surface area contributed by atoms with E-state index in [1.165, 1.54) is 12.8 Å². The highest BCUT2D eigenvalue weighted by atomic mass is 16.1. The Hall–Kier alpha value is -2.95. The van der Waals surface area contributed by atoms with Gasteiger partial charge in [0.15, 0.2) is 0 Å². The minimum absolute atomic E-state index is 0.431. The highest BCUT2D eigenvalue weighted by molar-refractivity contribution is 5.95. The maximum atomic E-state index is 11.5. The molecular weight excluding hydrogens is 314 g/mol. The summed E-state index contributed by atoms with van der Waals surface area (Å²) in [4.78, 5) is 26.7. The number of carbonyl (C=O) groups is 2. The van der Waals surface area contributed by atoms with Gasteiger partial charge in [-0.25, -0.2) is 0 Å². The average molecular weight is 335 g/mol. The number of hydrogen-bond donors (Lipinski definition) is 2. The Kier molecular flexibility index (Phi) is 5.23. The van der Waals surface area contributed by atoms with E-state index in [1.54, 1.807) is 30.5 Å². The molecule has 0 saturated heterocycles. The molecule has 1 amide bonds. The van der Waals surface area contributed by atoms with Gasteiger partial charge in [0.1, 0.15) is 6.29 Å². The van der Waals surface area contributed by atoms with Gasteiger partial charge in [-0.1, -0.05) is 37.1 Å². The molecule has 0 aromatic heterocycles. The van der Waals surface area contributed by atoms with Crippen LogP contribution in [0.4, 0.5) is 11.4 Å². The minimum Gasteiger partial charge on any atom is -0.381 e. The molecule has 3 N–H and O–H groups in total. The maximum Gasteiger partial charge on any atom is 0.248 e. The van der Waals surface area contributed by atoms with Crippen LogP contribution < -0.4 is 11.1 Å². The Labute approximate surface area is 147 Å². The van der Waals surface area contributed by atoms with Crippen LogP contribution in [0.15, 0.2) is 47.5 Å². The summed E-state index contributed by atoms with van der Waals surface area (Å²) in [6.07, 6.45) is 7.29. The lowest BCUT2D eigenvalue weighted by molar-refractivity contribution is 0.1000. The van der Waals surface area contributed by atoms with Gasteiger partial charge in [-0.2, -0.15) is 0 Å². The molecule has 2 aromatic carbocycles. The standard InChI is InChI=1S/C20H21N3O2/c21-20(25)16-9-10-18(23-17-3-1-2-4-17)19(11-16)22-12-14-5-7-15(13-24)8-6-14/h5-13,17,23H,1-4H2,(H2,21,25). The molecule has 1 fully saturated rings. The summed E-state index contributed by atoms with van der Waals surface area (Å²) in [7, 11) is 0. The molecule has 1 saturated carbocycles. The van der Waals surface area contributed by atoms with Gasteiger partial charge >= 0.3 is 0 Å². The van der Waals surface area contributed by atoms with Gasteiger partial charge in [0.25, 0.3) is 0 Å². The second kappa shape index (κ2) is 7.75. The van der Waals surface area contributed by atoms with Crippen molar-refractivity contribution >= 4 is 29.8 Å². The first kappa shape index (κ1) is 16.9. The first-order chi connectivity index (χ1) is 12.2. The van der Waals surface area contributed by atoms with E-state index in [4.69, 9.17) is 5.73 Å². The van der Waals surface area contributed by atoms with Gasteiger partial charge in [-0.05, 0) is 36.6 Å². The van der Waals surface area contributed by atoms with Crippen molar-refractivity contribution in [1.82, 2.24) is 0 Å². The number of nitrogens with zero attached hydrogens (tertiary/aromatic N) is 1. The van der Waals surface area contributed by atoms with Crippen molar-refractivity contribution in [1.29, 1.82) is 0 Å². The van der Waals surface area contributed by atoms with Gasteiger partial charge in [0.2, 0.25) is 5.91 Å². The molecule has 0 bridgehead atoms. The molecule has 25 heavy (non-hydrogen) atoms. The van der Waals surface area contributed by atoms with Gasteiger partial charge in [0, 0.05) is 23.4 Å². The van der Waals surface area contributed by atoms with Crippen LogP contribution in [-0.4, -0.2) is 24.4 Å². The summed E-state index contributed by atoms with van der Waals surface area (Å²) in [5.74, 6) is -0.473. The van der Waals surface area contributed by atoms with Crippen molar-refractivity contribution in [3.05, 3.63) is 59.2 Å². The van der Waals surface area contributed by atoms with E-state index in [0.29, 0.717) is 22.9 Å². The smallest absolute Gasteiger partial charge is 0.248 e. The summed E-state index contributed by atoms with van der Waals surface area (Å²) in [6.45, 7) is 0. The Bertz CT molecular complexity index is 791. The van der Waals surface area contributed by atoms with Gasteiger partial charge < -0.3 is 11.1 Å². The lowest BCUT2D eigenvalue weighted by atomic mass is 10.1. The third-order valence-corrected chi connectivity index (χ3v) is 4.42. The SMILES string of the molecule is NC(=O)c1ccc(NC2CCCC2)c(N=Cc2ccc(C=O)cc2)c1. The Morgan fingerprint density at radius 2 is 1.76 bits per heavy atom. The number of nitrogens with two attached hydrogens (primary N) is 1. The zero-order chi connectivity index (χ0) is 17.6. The summed E-state index contributed by atoms with van der Waals surface area (Å²) >= 11 is 0. The number of nitrogens with one attached hydrogen (secondary N) is 1. The number of primary amides is 1. The van der Waals surface area contributed by atoms with Crippen LogP contribution in [0.1, 0.15) is 52.0 Å². The van der Waals surface area contributed by atoms with E-state index in [-0.39, 0.29) is 0 Å². The van der Waals surface area contributed by atoms with Gasteiger partial charge in [-0.3, -0.25) is 14.6 Å². The number of hydrogen-bond acceptors (Lipinski definition) is 4. The third kappa shape index (κ3) is 4.32. The van der Waals surface area contributed by atoms with Gasteiger partial charge in [-0.15, -0.1) is 0 Å². The molecule has 0 unspecified atom stereocenters. The van der Waals surface area contributed by atoms with Crippen LogP contribution in [0.3, 0.4) is 0 Å². The fourth-order valence-corrected chi connectivity index (χ4v) is 3.01. The molecule has 5 heteroatoms. The topological polar surface area (TPSA) is 84.6 Å². The Morgan fingerprint density at radius 1 is 1.08 bits per heavy atom. The predicted octanol–water partition coefficient (Wildman–Crippen LogP) is 3.70. The molecule has 128 valence electrons. The normalized spacial score (nSPS) is 14.7. The van der Waals surface area contributed by atoms with Crippen LogP contribution in [0, 0.1) is 0 Å². The number of aliphatic imine (C=N–C) groups is 1. The second-order valence-electron chi connectivity index (χ2n) is 6.26. The number of benzene rings is 2. The summed E-state index contributed by atoms with van der Waals surface area (Å²) in [5, 5.41) is 3.52. The van der Waals surface area contributed by atoms with Crippen molar-refractivity contribution in [2.24, 2.45) is 10.7 Å². The molecule has 1 aliphatic carbocycles. The fraction of sp³-hybridized carbons (Fsp3) is 0.250. The number of carbonyl (C=O) groups excluding carboxylic acids is 2. The first-order valence-corrected chi connectivity index (χ1v) is 8.45. The third-order valence-electron chi connectivity index (χ3n) is 4.42. The van der Waals surface area contributed by atoms with Crippen molar-refractivity contribution in [3.63, 3.8) is 0 Å². The highest BCUT2D eigenvalue weighted by Gasteiger charge is 2.16. The monoisotopic (exact) mass is 335 g/mol. The maximum absolute atomic E-state index is 11.5. The summed E-state index contributed by atoms with van der Waals surface area (Å²) < 4.78 is 0. The predicted molar refractivity (Wildman–Crippen MR) is 99.9 cm³/mol. The van der Waals surface area contributed by atoms with Gasteiger partial charge in [0.05, 0.1) is 11.4 Å². The van der Waals surface area contributed by atoms with Crippen LogP contribution in [0.5, 0.6) is 0 Å². The average Bonchev–Trinajstić information content (AvgIpc) is 3.14. The van der Waals surface area contributed by atoms with Crippen molar-refractivity contribution in [2.45, 2.75) is 31.7 Å². The molecule has 0 heterocycles. The zero-order valence-corrected chi connectivity index (χ0v) is 13.9. The van der Waals surface area contributed by atoms with Crippen LogP contribution in [-0.2, 0) is 0 Å². The lowest BCUT2D eigenvalue weighted by Crippen LogP contribution is -2.15. The van der Waals surface area contributed by atoms with Crippen LogP contribution in [0.2, 0.25) is 0 Å². The Morgan fingerprint density at radius 3 is 2.40 bits per heavy atom. The molecule has 0 radical (unpaired) electrons. The Balaban J connectivity index is 1.87. The number of rotatable bonds is 6. The van der Waals surface area contributed by atoms with Crippen molar-refractivity contribution < 1.29 is 9.59 Å². The van der Waals surface area contributed by atoms with Crippen molar-refractivity contribution in [2.75, 3.05) is 5.32 Å². The highest BCUT2D eigenvalue weighted by Crippen LogP contribution is 2.30. The summed E-state index contributed by atoms with van der Waals surface area (Å²) in [5.41, 5.74) is 8.90. The molecule has 0 aliphatic heterocycles. The number of anilines is 1. The first-order valence-electron chi connectivity index (χ1n) is 8.45. The quantitative estimate of drug-likeness (QED) is 0.623. The van der Waals surface area contributed by atoms with E-state index in [2.05, 4.69) is 10.3 Å². The fourth-order valence-electron chi connectivity index (χ4n) is 3.01. The molecule has 5 nitrogen and oxygen atoms in total. The molecule has 0 spiro atoms. The van der Waals surface area contributed by atoms with Crippen molar-refractivity contribution in [3.8, 4) is 0 Å². The molecule has 3 rings (SSSR count). The molecule has 0 atom stereocenters.